The highest BCUT2D eigenvalue weighted by Gasteiger charge is 2.51. The highest BCUT2D eigenvalue weighted by molar-refractivity contribution is 6.03. The van der Waals surface area contributed by atoms with Crippen molar-refractivity contribution in [2.45, 2.75) is 18.3 Å². The average molecular weight is 264 g/mol. The molecule has 3 atom stereocenters. The Balaban J connectivity index is 1.81. The maximum Gasteiger partial charge on any atom is 0.166 e. The average Bonchev–Trinajstić information content (AvgIpc) is 2.47. The van der Waals surface area contributed by atoms with Crippen LogP contribution >= 0.6 is 0 Å². The van der Waals surface area contributed by atoms with Gasteiger partial charge in [0, 0.05) is 17.4 Å². The molecular formula is C18H16O2. The Hall–Kier alpha value is -2.09. The number of carbonyl (C=O) groups excluding carboxylic acids is 1. The monoisotopic (exact) mass is 264 g/mol. The molecule has 20 heavy (non-hydrogen) atoms. The van der Waals surface area contributed by atoms with E-state index in [1.165, 1.54) is 11.1 Å². The van der Waals surface area contributed by atoms with Crippen LogP contribution in [0.3, 0.4) is 0 Å². The summed E-state index contributed by atoms with van der Waals surface area (Å²) in [6.07, 6.45) is 0.985. The van der Waals surface area contributed by atoms with E-state index in [0.717, 1.165) is 17.7 Å². The van der Waals surface area contributed by atoms with Crippen LogP contribution in [0.25, 0.3) is 0 Å². The third-order valence-electron chi connectivity index (χ3n) is 4.82. The van der Waals surface area contributed by atoms with Crippen molar-refractivity contribution in [1.82, 2.24) is 0 Å². The number of rotatable bonds is 2. The summed E-state index contributed by atoms with van der Waals surface area (Å²) in [5, 5.41) is 0. The zero-order valence-corrected chi connectivity index (χ0v) is 11.4. The number of ketones is 1. The standard InChI is InChI=1S/C18H16O2/c1-20-12-7-8-13-14(9-12)15-10-16(18(13)19)17(15)11-5-3-2-4-6-11/h2-9,15-17H,10H2,1H3. The molecule has 0 aromatic heterocycles. The summed E-state index contributed by atoms with van der Waals surface area (Å²) in [4.78, 5) is 12.6. The number of fused-ring (bicyclic) bond motifs is 4. The molecule has 1 fully saturated rings. The lowest BCUT2D eigenvalue weighted by Crippen LogP contribution is -2.43. The first kappa shape index (κ1) is 11.7. The first-order valence-electron chi connectivity index (χ1n) is 7.06. The van der Waals surface area contributed by atoms with Crippen molar-refractivity contribution in [3.05, 3.63) is 65.2 Å². The minimum atomic E-state index is 0.170. The predicted octanol–water partition coefficient (Wildman–Crippen LogP) is 3.78. The van der Waals surface area contributed by atoms with Crippen molar-refractivity contribution >= 4 is 5.78 Å². The van der Waals surface area contributed by atoms with Crippen LogP contribution in [0.15, 0.2) is 48.5 Å². The summed E-state index contributed by atoms with van der Waals surface area (Å²) in [7, 11) is 1.67. The molecule has 0 saturated heterocycles. The molecule has 0 spiro atoms. The van der Waals surface area contributed by atoms with Crippen LogP contribution in [0.1, 0.15) is 39.7 Å². The Labute approximate surface area is 118 Å². The Morgan fingerprint density at radius 1 is 1.05 bits per heavy atom. The molecule has 0 aliphatic heterocycles. The molecule has 2 aliphatic carbocycles. The van der Waals surface area contributed by atoms with Crippen molar-refractivity contribution in [3.63, 3.8) is 0 Å². The van der Waals surface area contributed by atoms with Gasteiger partial charge in [0.05, 0.1) is 7.11 Å². The van der Waals surface area contributed by atoms with Gasteiger partial charge in [-0.2, -0.15) is 0 Å². The Morgan fingerprint density at radius 3 is 2.60 bits per heavy atom. The molecule has 4 rings (SSSR count). The predicted molar refractivity (Wildman–Crippen MR) is 77.4 cm³/mol. The number of Topliss-reactive ketones (excluding diaryl/α,β-unsaturated/α-hetero) is 1. The van der Waals surface area contributed by atoms with E-state index in [1.54, 1.807) is 7.11 Å². The van der Waals surface area contributed by atoms with Gasteiger partial charge in [0.2, 0.25) is 0 Å². The van der Waals surface area contributed by atoms with E-state index in [-0.39, 0.29) is 5.92 Å². The van der Waals surface area contributed by atoms with Crippen LogP contribution in [0, 0.1) is 5.92 Å². The van der Waals surface area contributed by atoms with Gasteiger partial charge in [-0.15, -0.1) is 0 Å². The lowest BCUT2D eigenvalue weighted by molar-refractivity contribution is 0.0733. The normalized spacial score (nSPS) is 26.6. The second-order valence-corrected chi connectivity index (χ2v) is 5.70. The highest BCUT2D eigenvalue weighted by atomic mass is 16.5. The van der Waals surface area contributed by atoms with Gasteiger partial charge < -0.3 is 4.74 Å². The lowest BCUT2D eigenvalue weighted by atomic mass is 9.53. The van der Waals surface area contributed by atoms with Gasteiger partial charge in [-0.25, -0.2) is 0 Å². The van der Waals surface area contributed by atoms with Crippen molar-refractivity contribution in [1.29, 1.82) is 0 Å². The summed E-state index contributed by atoms with van der Waals surface area (Å²) in [5.74, 6) is 2.13. The Morgan fingerprint density at radius 2 is 1.85 bits per heavy atom. The molecule has 2 nitrogen and oxygen atoms in total. The van der Waals surface area contributed by atoms with E-state index in [4.69, 9.17) is 4.74 Å². The van der Waals surface area contributed by atoms with Gasteiger partial charge in [-0.3, -0.25) is 4.79 Å². The van der Waals surface area contributed by atoms with E-state index in [2.05, 4.69) is 24.3 Å². The number of methoxy groups -OCH3 is 1. The van der Waals surface area contributed by atoms with Crippen molar-refractivity contribution in [2.75, 3.05) is 7.11 Å². The third-order valence-corrected chi connectivity index (χ3v) is 4.82. The zero-order chi connectivity index (χ0) is 13.7. The molecule has 0 radical (unpaired) electrons. The smallest absolute Gasteiger partial charge is 0.166 e. The zero-order valence-electron chi connectivity index (χ0n) is 11.4. The molecule has 2 heteroatoms. The second kappa shape index (κ2) is 4.20. The van der Waals surface area contributed by atoms with Gasteiger partial charge in [0.15, 0.2) is 5.78 Å². The fourth-order valence-electron chi connectivity index (χ4n) is 3.78. The second-order valence-electron chi connectivity index (χ2n) is 5.70. The number of benzene rings is 2. The van der Waals surface area contributed by atoms with Crippen molar-refractivity contribution in [3.8, 4) is 5.75 Å². The number of hydrogen-bond donors (Lipinski definition) is 0. The summed E-state index contributed by atoms with van der Waals surface area (Å²) >= 11 is 0. The maximum absolute atomic E-state index is 12.6. The van der Waals surface area contributed by atoms with E-state index >= 15 is 0 Å². The van der Waals surface area contributed by atoms with Crippen LogP contribution in [-0.4, -0.2) is 12.9 Å². The number of ether oxygens (including phenoxy) is 1. The molecule has 0 N–H and O–H groups in total. The van der Waals surface area contributed by atoms with Crippen LogP contribution in [-0.2, 0) is 0 Å². The fraction of sp³-hybridized carbons (Fsp3) is 0.278. The molecule has 100 valence electrons. The SMILES string of the molecule is COc1ccc2c(c1)C1CC(C2=O)C1c1ccccc1. The van der Waals surface area contributed by atoms with Crippen LogP contribution < -0.4 is 4.74 Å². The maximum atomic E-state index is 12.6. The summed E-state index contributed by atoms with van der Waals surface area (Å²) in [5.41, 5.74) is 3.36. The first-order chi connectivity index (χ1) is 9.79. The highest BCUT2D eigenvalue weighted by Crippen LogP contribution is 2.59. The van der Waals surface area contributed by atoms with Gasteiger partial charge in [0.25, 0.3) is 0 Å². The molecule has 0 heterocycles. The topological polar surface area (TPSA) is 26.3 Å². The number of carbonyl (C=O) groups is 1. The molecule has 2 aromatic rings. The van der Waals surface area contributed by atoms with Crippen molar-refractivity contribution in [2.24, 2.45) is 5.92 Å². The van der Waals surface area contributed by atoms with E-state index in [9.17, 15) is 4.79 Å². The quantitative estimate of drug-likeness (QED) is 0.825. The molecule has 1 saturated carbocycles. The van der Waals surface area contributed by atoms with Gasteiger partial charge in [0.1, 0.15) is 5.75 Å². The molecule has 2 aliphatic rings. The van der Waals surface area contributed by atoms with Gasteiger partial charge in [-0.05, 0) is 41.7 Å². The van der Waals surface area contributed by atoms with E-state index in [1.807, 2.05) is 24.3 Å². The van der Waals surface area contributed by atoms with Crippen molar-refractivity contribution < 1.29 is 9.53 Å². The van der Waals surface area contributed by atoms with Gasteiger partial charge in [-0.1, -0.05) is 30.3 Å². The summed E-state index contributed by atoms with van der Waals surface area (Å²) < 4.78 is 5.31. The number of hydrogen-bond acceptors (Lipinski definition) is 2. The fourth-order valence-corrected chi connectivity index (χ4v) is 3.78. The molecule has 3 unspecified atom stereocenters. The molecule has 2 bridgehead atoms. The molecule has 0 amide bonds. The summed E-state index contributed by atoms with van der Waals surface area (Å²) in [6, 6.07) is 16.3. The largest absolute Gasteiger partial charge is 0.497 e. The van der Waals surface area contributed by atoms with Crippen LogP contribution in [0.5, 0.6) is 5.75 Å². The Bertz CT molecular complexity index is 675. The van der Waals surface area contributed by atoms with Gasteiger partial charge >= 0.3 is 0 Å². The third kappa shape index (κ3) is 1.48. The van der Waals surface area contributed by atoms with E-state index in [0.29, 0.717) is 17.6 Å². The van der Waals surface area contributed by atoms with Crippen LogP contribution in [0.4, 0.5) is 0 Å². The molecular weight excluding hydrogens is 248 g/mol. The first-order valence-corrected chi connectivity index (χ1v) is 7.06. The lowest BCUT2D eigenvalue weighted by Gasteiger charge is -2.49. The minimum absolute atomic E-state index is 0.170. The van der Waals surface area contributed by atoms with E-state index < -0.39 is 0 Å². The van der Waals surface area contributed by atoms with Crippen LogP contribution in [0.2, 0.25) is 0 Å². The molecule has 2 aromatic carbocycles. The Kier molecular flexibility index (Phi) is 2.46. The minimum Gasteiger partial charge on any atom is -0.497 e. The summed E-state index contributed by atoms with van der Waals surface area (Å²) in [6.45, 7) is 0.